The lowest BCUT2D eigenvalue weighted by atomic mass is 10.2. The van der Waals surface area contributed by atoms with Crippen LogP contribution < -0.4 is 9.64 Å². The molecule has 0 amide bonds. The number of rotatable bonds is 4. The standard InChI is InChI=1S/C19H18N6O/c1-3-13-9-15(5-6-16(13)20-7-1)26-10-14-4-2-8-25(14)19-17-18(22-11-21-17)23-12-24-19/h1,3,5-7,9,11-12,14H,2,4,8,10H2,(H,21,22,23,24)/t14-/m1/s1. The highest BCUT2D eigenvalue weighted by atomic mass is 16.5. The summed E-state index contributed by atoms with van der Waals surface area (Å²) in [6, 6.07) is 10.3. The monoisotopic (exact) mass is 346 g/mol. The van der Waals surface area contributed by atoms with Crippen LogP contribution in [0.15, 0.2) is 49.2 Å². The second-order valence-corrected chi connectivity index (χ2v) is 6.46. The van der Waals surface area contributed by atoms with Crippen molar-refractivity contribution in [3.63, 3.8) is 0 Å². The average Bonchev–Trinajstić information content (AvgIpc) is 3.35. The molecule has 1 aromatic carbocycles. The van der Waals surface area contributed by atoms with E-state index in [4.69, 9.17) is 4.74 Å². The van der Waals surface area contributed by atoms with Gasteiger partial charge in [0.2, 0.25) is 0 Å². The number of pyridine rings is 1. The fourth-order valence-corrected chi connectivity index (χ4v) is 3.59. The predicted molar refractivity (Wildman–Crippen MR) is 99.3 cm³/mol. The van der Waals surface area contributed by atoms with Gasteiger partial charge >= 0.3 is 0 Å². The van der Waals surface area contributed by atoms with Gasteiger partial charge in [0.15, 0.2) is 11.5 Å². The van der Waals surface area contributed by atoms with Gasteiger partial charge in [0, 0.05) is 18.1 Å². The Balaban J connectivity index is 1.36. The zero-order valence-corrected chi connectivity index (χ0v) is 14.2. The first-order valence-corrected chi connectivity index (χ1v) is 8.77. The summed E-state index contributed by atoms with van der Waals surface area (Å²) in [5, 5.41) is 1.09. The number of imidazole rings is 1. The number of aromatic nitrogens is 5. The fourth-order valence-electron chi connectivity index (χ4n) is 3.59. The summed E-state index contributed by atoms with van der Waals surface area (Å²) >= 11 is 0. The maximum atomic E-state index is 6.10. The molecule has 0 unspecified atom stereocenters. The van der Waals surface area contributed by atoms with Gasteiger partial charge in [-0.1, -0.05) is 6.07 Å². The second kappa shape index (κ2) is 6.25. The van der Waals surface area contributed by atoms with E-state index >= 15 is 0 Å². The van der Waals surface area contributed by atoms with Crippen LogP contribution >= 0.6 is 0 Å². The second-order valence-electron chi connectivity index (χ2n) is 6.46. The Labute approximate surface area is 150 Å². The third-order valence-corrected chi connectivity index (χ3v) is 4.86. The molecule has 5 rings (SSSR count). The molecule has 0 radical (unpaired) electrons. The number of anilines is 1. The van der Waals surface area contributed by atoms with Crippen molar-refractivity contribution in [2.75, 3.05) is 18.1 Å². The van der Waals surface area contributed by atoms with Crippen LogP contribution in [0.5, 0.6) is 5.75 Å². The molecule has 0 bridgehead atoms. The zero-order valence-electron chi connectivity index (χ0n) is 14.2. The van der Waals surface area contributed by atoms with E-state index in [2.05, 4.69) is 29.8 Å². The number of hydrogen-bond acceptors (Lipinski definition) is 6. The van der Waals surface area contributed by atoms with Crippen molar-refractivity contribution >= 4 is 27.9 Å². The van der Waals surface area contributed by atoms with E-state index in [9.17, 15) is 0 Å². The highest BCUT2D eigenvalue weighted by molar-refractivity contribution is 5.83. The van der Waals surface area contributed by atoms with Gasteiger partial charge in [-0.25, -0.2) is 15.0 Å². The topological polar surface area (TPSA) is 79.8 Å². The minimum absolute atomic E-state index is 0.273. The van der Waals surface area contributed by atoms with E-state index < -0.39 is 0 Å². The molecule has 4 heterocycles. The van der Waals surface area contributed by atoms with Gasteiger partial charge in [0.25, 0.3) is 0 Å². The predicted octanol–water partition coefficient (Wildman–Crippen LogP) is 2.95. The maximum absolute atomic E-state index is 6.10. The normalized spacial score (nSPS) is 17.2. The number of aromatic amines is 1. The van der Waals surface area contributed by atoms with Gasteiger partial charge in [-0.15, -0.1) is 0 Å². The van der Waals surface area contributed by atoms with Crippen molar-refractivity contribution in [2.24, 2.45) is 0 Å². The van der Waals surface area contributed by atoms with Gasteiger partial charge in [0.05, 0.1) is 17.9 Å². The molecule has 1 N–H and O–H groups in total. The fraction of sp³-hybridized carbons (Fsp3) is 0.263. The average molecular weight is 346 g/mol. The lowest BCUT2D eigenvalue weighted by molar-refractivity contribution is 0.288. The van der Waals surface area contributed by atoms with Gasteiger partial charge in [-0.2, -0.15) is 0 Å². The number of ether oxygens (including phenoxy) is 1. The third kappa shape index (κ3) is 2.61. The van der Waals surface area contributed by atoms with E-state index in [1.807, 2.05) is 30.3 Å². The largest absolute Gasteiger partial charge is 0.491 e. The molecule has 7 nitrogen and oxygen atoms in total. The van der Waals surface area contributed by atoms with Crippen LogP contribution in [0.3, 0.4) is 0 Å². The molecular weight excluding hydrogens is 328 g/mol. The molecule has 0 saturated carbocycles. The molecule has 1 aliphatic rings. The summed E-state index contributed by atoms with van der Waals surface area (Å²) in [6.45, 7) is 1.57. The molecule has 3 aromatic heterocycles. The molecule has 0 spiro atoms. The minimum atomic E-state index is 0.273. The van der Waals surface area contributed by atoms with Gasteiger partial charge in [-0.3, -0.25) is 4.98 Å². The van der Waals surface area contributed by atoms with E-state index in [1.54, 1.807) is 18.9 Å². The molecule has 1 atom stereocenters. The van der Waals surface area contributed by atoms with Crippen LogP contribution in [-0.4, -0.2) is 44.1 Å². The summed E-state index contributed by atoms with van der Waals surface area (Å²) in [5.41, 5.74) is 2.56. The molecule has 4 aromatic rings. The number of H-pyrrole nitrogens is 1. The Morgan fingerprint density at radius 1 is 1.15 bits per heavy atom. The summed E-state index contributed by atoms with van der Waals surface area (Å²) in [7, 11) is 0. The third-order valence-electron chi connectivity index (χ3n) is 4.86. The van der Waals surface area contributed by atoms with E-state index in [0.29, 0.717) is 6.61 Å². The Kier molecular flexibility index (Phi) is 3.62. The van der Waals surface area contributed by atoms with E-state index in [1.165, 1.54) is 0 Å². The number of hydrogen-bond donors (Lipinski definition) is 1. The molecule has 26 heavy (non-hydrogen) atoms. The van der Waals surface area contributed by atoms with E-state index in [-0.39, 0.29) is 6.04 Å². The lowest BCUT2D eigenvalue weighted by Crippen LogP contribution is -2.35. The maximum Gasteiger partial charge on any atom is 0.162 e. The van der Waals surface area contributed by atoms with E-state index in [0.717, 1.165) is 53.0 Å². The van der Waals surface area contributed by atoms with Crippen LogP contribution in [0, 0.1) is 0 Å². The SMILES string of the molecule is c1cnc2ccc(OC[C@H]3CCCN3c3ncnc4[nH]cnc34)cc2c1. The zero-order chi connectivity index (χ0) is 17.3. The molecule has 1 saturated heterocycles. The molecule has 7 heteroatoms. The summed E-state index contributed by atoms with van der Waals surface area (Å²) < 4.78 is 6.10. The Morgan fingerprint density at radius 3 is 3.15 bits per heavy atom. The first-order chi connectivity index (χ1) is 12.9. The van der Waals surface area contributed by atoms with Crippen LogP contribution in [-0.2, 0) is 0 Å². The van der Waals surface area contributed by atoms with Gasteiger partial charge in [-0.05, 0) is 37.1 Å². The molecule has 1 aliphatic heterocycles. The highest BCUT2D eigenvalue weighted by Crippen LogP contribution is 2.28. The minimum Gasteiger partial charge on any atom is -0.491 e. The number of fused-ring (bicyclic) bond motifs is 2. The van der Waals surface area contributed by atoms with Gasteiger partial charge in [0.1, 0.15) is 24.2 Å². The first kappa shape index (κ1) is 15.1. The highest BCUT2D eigenvalue weighted by Gasteiger charge is 2.28. The number of nitrogens with one attached hydrogen (secondary N) is 1. The first-order valence-electron chi connectivity index (χ1n) is 8.77. The molecular formula is C19H18N6O. The summed E-state index contributed by atoms with van der Waals surface area (Å²) in [4.78, 5) is 22.8. The van der Waals surface area contributed by atoms with Crippen molar-refractivity contribution in [1.29, 1.82) is 0 Å². The molecule has 130 valence electrons. The van der Waals surface area contributed by atoms with Crippen LogP contribution in [0.2, 0.25) is 0 Å². The van der Waals surface area contributed by atoms with Crippen LogP contribution in [0.1, 0.15) is 12.8 Å². The van der Waals surface area contributed by atoms with Crippen LogP contribution in [0.25, 0.3) is 22.1 Å². The Morgan fingerprint density at radius 2 is 2.15 bits per heavy atom. The lowest BCUT2D eigenvalue weighted by Gasteiger charge is -2.25. The smallest absolute Gasteiger partial charge is 0.162 e. The molecule has 0 aliphatic carbocycles. The quantitative estimate of drug-likeness (QED) is 0.612. The van der Waals surface area contributed by atoms with Gasteiger partial charge < -0.3 is 14.6 Å². The Bertz CT molecular complexity index is 1060. The van der Waals surface area contributed by atoms with Crippen molar-refractivity contribution in [2.45, 2.75) is 18.9 Å². The number of nitrogens with zero attached hydrogens (tertiary/aromatic N) is 5. The number of benzene rings is 1. The Hall–Kier alpha value is -3.22. The van der Waals surface area contributed by atoms with Crippen molar-refractivity contribution in [3.05, 3.63) is 49.2 Å². The summed E-state index contributed by atoms with van der Waals surface area (Å²) in [6.07, 6.45) is 7.24. The van der Waals surface area contributed by atoms with Crippen molar-refractivity contribution in [3.8, 4) is 5.75 Å². The van der Waals surface area contributed by atoms with Crippen molar-refractivity contribution in [1.82, 2.24) is 24.9 Å². The summed E-state index contributed by atoms with van der Waals surface area (Å²) in [5.74, 6) is 1.75. The van der Waals surface area contributed by atoms with Crippen molar-refractivity contribution < 1.29 is 4.74 Å². The molecule has 1 fully saturated rings. The van der Waals surface area contributed by atoms with Crippen LogP contribution in [0.4, 0.5) is 5.82 Å².